The molecule has 0 fully saturated rings. The summed E-state index contributed by atoms with van der Waals surface area (Å²) in [7, 11) is 1.69. The van der Waals surface area contributed by atoms with Crippen molar-refractivity contribution in [2.45, 2.75) is 13.8 Å². The van der Waals surface area contributed by atoms with Gasteiger partial charge in [-0.3, -0.25) is 0 Å². The van der Waals surface area contributed by atoms with E-state index in [4.69, 9.17) is 4.74 Å². The van der Waals surface area contributed by atoms with E-state index in [1.807, 2.05) is 55.5 Å². The van der Waals surface area contributed by atoms with E-state index in [9.17, 15) is 0 Å². The van der Waals surface area contributed by atoms with Gasteiger partial charge in [-0.15, -0.1) is 0 Å². The van der Waals surface area contributed by atoms with Gasteiger partial charge in [0, 0.05) is 5.56 Å². The number of methoxy groups -OCH3 is 1. The highest BCUT2D eigenvalue weighted by molar-refractivity contribution is 5.59. The first-order chi connectivity index (χ1) is 7.77. The molecule has 0 saturated carbocycles. The molecule has 1 heteroatoms. The molecule has 1 aromatic carbocycles. The normalized spacial score (nSPS) is 11.9. The van der Waals surface area contributed by atoms with Gasteiger partial charge in [-0.05, 0) is 26.0 Å². The van der Waals surface area contributed by atoms with Gasteiger partial charge in [0.2, 0.25) is 0 Å². The van der Waals surface area contributed by atoms with Crippen LogP contribution in [0.4, 0.5) is 0 Å². The Morgan fingerprint density at radius 2 is 1.81 bits per heavy atom. The van der Waals surface area contributed by atoms with Crippen LogP contribution in [0.3, 0.4) is 0 Å². The molecule has 0 aliphatic heterocycles. The van der Waals surface area contributed by atoms with E-state index in [1.54, 1.807) is 7.11 Å². The van der Waals surface area contributed by atoms with E-state index in [0.29, 0.717) is 0 Å². The molecule has 0 radical (unpaired) electrons. The number of rotatable bonds is 4. The SMILES string of the molecule is C\C=C/C=C\C=C\c1cc(C)ccc1OC. The number of hydrogen-bond donors (Lipinski definition) is 0. The first-order valence-corrected chi connectivity index (χ1v) is 5.38. The van der Waals surface area contributed by atoms with Crippen molar-refractivity contribution >= 4 is 6.08 Å². The van der Waals surface area contributed by atoms with Gasteiger partial charge in [0.1, 0.15) is 5.75 Å². The first-order valence-electron chi connectivity index (χ1n) is 5.38. The van der Waals surface area contributed by atoms with Crippen LogP contribution in [0.15, 0.2) is 48.6 Å². The Labute approximate surface area is 97.8 Å². The quantitative estimate of drug-likeness (QED) is 0.684. The lowest BCUT2D eigenvalue weighted by atomic mass is 10.1. The molecule has 1 aromatic rings. The Morgan fingerprint density at radius 3 is 2.50 bits per heavy atom. The summed E-state index contributed by atoms with van der Waals surface area (Å²) in [6.07, 6.45) is 12.1. The Bertz CT molecular complexity index is 411. The van der Waals surface area contributed by atoms with Crippen molar-refractivity contribution in [3.8, 4) is 5.75 Å². The molecule has 0 aliphatic rings. The molecular formula is C15H18O. The van der Waals surface area contributed by atoms with Crippen molar-refractivity contribution in [3.63, 3.8) is 0 Å². The first kappa shape index (κ1) is 12.3. The summed E-state index contributed by atoms with van der Waals surface area (Å²) in [5.74, 6) is 0.904. The minimum Gasteiger partial charge on any atom is -0.496 e. The molecule has 0 atom stereocenters. The predicted molar refractivity (Wildman–Crippen MR) is 70.7 cm³/mol. The van der Waals surface area contributed by atoms with Gasteiger partial charge in [-0.25, -0.2) is 0 Å². The minimum absolute atomic E-state index is 0.904. The third kappa shape index (κ3) is 3.77. The van der Waals surface area contributed by atoms with Gasteiger partial charge in [0.25, 0.3) is 0 Å². The lowest BCUT2D eigenvalue weighted by Crippen LogP contribution is -1.87. The lowest BCUT2D eigenvalue weighted by molar-refractivity contribution is 0.414. The van der Waals surface area contributed by atoms with E-state index in [2.05, 4.69) is 13.0 Å². The summed E-state index contributed by atoms with van der Waals surface area (Å²) < 4.78 is 5.29. The molecule has 0 spiro atoms. The van der Waals surface area contributed by atoms with Crippen molar-refractivity contribution in [2.24, 2.45) is 0 Å². The monoisotopic (exact) mass is 214 g/mol. The van der Waals surface area contributed by atoms with E-state index < -0.39 is 0 Å². The fourth-order valence-corrected chi connectivity index (χ4v) is 1.38. The van der Waals surface area contributed by atoms with Crippen molar-refractivity contribution < 1.29 is 4.74 Å². The van der Waals surface area contributed by atoms with Crippen LogP contribution in [0.5, 0.6) is 5.75 Å². The highest BCUT2D eigenvalue weighted by Crippen LogP contribution is 2.20. The summed E-state index contributed by atoms with van der Waals surface area (Å²) in [5.41, 5.74) is 2.34. The zero-order valence-electron chi connectivity index (χ0n) is 10.1. The van der Waals surface area contributed by atoms with Crippen molar-refractivity contribution in [2.75, 3.05) is 7.11 Å². The van der Waals surface area contributed by atoms with Crippen LogP contribution >= 0.6 is 0 Å². The summed E-state index contributed by atoms with van der Waals surface area (Å²) >= 11 is 0. The zero-order chi connectivity index (χ0) is 11.8. The summed E-state index contributed by atoms with van der Waals surface area (Å²) in [5, 5.41) is 0. The second kappa shape index (κ2) is 6.67. The number of benzene rings is 1. The summed E-state index contributed by atoms with van der Waals surface area (Å²) in [6.45, 7) is 4.07. The number of ether oxygens (including phenoxy) is 1. The smallest absolute Gasteiger partial charge is 0.126 e. The largest absolute Gasteiger partial charge is 0.496 e. The Kier molecular flexibility index (Phi) is 5.13. The number of hydrogen-bond acceptors (Lipinski definition) is 1. The number of allylic oxidation sites excluding steroid dienone is 5. The van der Waals surface area contributed by atoms with E-state index in [0.717, 1.165) is 11.3 Å². The molecule has 84 valence electrons. The Morgan fingerprint density at radius 1 is 1.06 bits per heavy atom. The molecule has 0 amide bonds. The maximum atomic E-state index is 5.29. The molecule has 0 unspecified atom stereocenters. The highest BCUT2D eigenvalue weighted by Gasteiger charge is 1.97. The molecule has 0 aliphatic carbocycles. The zero-order valence-corrected chi connectivity index (χ0v) is 10.1. The van der Waals surface area contributed by atoms with Crippen LogP contribution in [0, 0.1) is 6.92 Å². The topological polar surface area (TPSA) is 9.23 Å². The van der Waals surface area contributed by atoms with Crippen molar-refractivity contribution in [3.05, 3.63) is 59.7 Å². The van der Waals surface area contributed by atoms with Crippen LogP contribution in [-0.4, -0.2) is 7.11 Å². The predicted octanol–water partition coefficient (Wildman–Crippen LogP) is 4.15. The third-order valence-corrected chi connectivity index (χ3v) is 2.19. The van der Waals surface area contributed by atoms with Crippen LogP contribution in [0.2, 0.25) is 0 Å². The Hall–Kier alpha value is -1.76. The van der Waals surface area contributed by atoms with E-state index >= 15 is 0 Å². The maximum absolute atomic E-state index is 5.29. The standard InChI is InChI=1S/C15H18O/c1-4-5-6-7-8-9-14-12-13(2)10-11-15(14)16-3/h4-12H,1-3H3/b5-4-,7-6-,9-8+. The molecule has 0 bridgehead atoms. The average molecular weight is 214 g/mol. The van der Waals surface area contributed by atoms with Gasteiger partial charge in [0.15, 0.2) is 0 Å². The summed E-state index contributed by atoms with van der Waals surface area (Å²) in [4.78, 5) is 0. The van der Waals surface area contributed by atoms with Gasteiger partial charge in [0.05, 0.1) is 7.11 Å². The van der Waals surface area contributed by atoms with Crippen LogP contribution < -0.4 is 4.74 Å². The molecule has 0 saturated heterocycles. The van der Waals surface area contributed by atoms with Crippen LogP contribution in [0.25, 0.3) is 6.08 Å². The van der Waals surface area contributed by atoms with Gasteiger partial charge in [-0.1, -0.05) is 48.1 Å². The molecule has 16 heavy (non-hydrogen) atoms. The minimum atomic E-state index is 0.904. The molecule has 1 nitrogen and oxygen atoms in total. The fraction of sp³-hybridized carbons (Fsp3) is 0.200. The molecule has 0 aromatic heterocycles. The lowest BCUT2D eigenvalue weighted by Gasteiger charge is -2.04. The van der Waals surface area contributed by atoms with E-state index in [1.165, 1.54) is 5.56 Å². The second-order valence-corrected chi connectivity index (χ2v) is 3.52. The molecule has 0 heterocycles. The third-order valence-electron chi connectivity index (χ3n) is 2.19. The number of aryl methyl sites for hydroxylation is 1. The van der Waals surface area contributed by atoms with Crippen LogP contribution in [0.1, 0.15) is 18.1 Å². The maximum Gasteiger partial charge on any atom is 0.126 e. The second-order valence-electron chi connectivity index (χ2n) is 3.52. The van der Waals surface area contributed by atoms with Gasteiger partial charge < -0.3 is 4.74 Å². The van der Waals surface area contributed by atoms with E-state index in [-0.39, 0.29) is 0 Å². The van der Waals surface area contributed by atoms with Gasteiger partial charge >= 0.3 is 0 Å². The highest BCUT2D eigenvalue weighted by atomic mass is 16.5. The fourth-order valence-electron chi connectivity index (χ4n) is 1.38. The Balaban J connectivity index is 2.82. The summed E-state index contributed by atoms with van der Waals surface area (Å²) in [6, 6.07) is 6.15. The average Bonchev–Trinajstić information content (AvgIpc) is 2.29. The van der Waals surface area contributed by atoms with Crippen molar-refractivity contribution in [1.82, 2.24) is 0 Å². The molecular weight excluding hydrogens is 196 g/mol. The van der Waals surface area contributed by atoms with Gasteiger partial charge in [-0.2, -0.15) is 0 Å². The van der Waals surface area contributed by atoms with Crippen molar-refractivity contribution in [1.29, 1.82) is 0 Å². The van der Waals surface area contributed by atoms with Crippen LogP contribution in [-0.2, 0) is 0 Å². The molecule has 0 N–H and O–H groups in total. The molecule has 1 rings (SSSR count).